The molecule has 0 atom stereocenters. The SMILES string of the molecule is O=C(NCCc1c(F)c(F)cc(F)c1F)NSc1nc2ccccc2[nH]1. The molecule has 136 valence electrons. The molecule has 0 bridgehead atoms. The minimum atomic E-state index is -1.48. The van der Waals surface area contributed by atoms with E-state index in [1.54, 1.807) is 6.07 Å². The molecule has 3 N–H and O–H groups in total. The summed E-state index contributed by atoms with van der Waals surface area (Å²) in [6.45, 7) is -0.219. The highest BCUT2D eigenvalue weighted by Gasteiger charge is 2.18. The fourth-order valence-electron chi connectivity index (χ4n) is 2.25. The number of fused-ring (bicyclic) bond motifs is 1. The first-order valence-electron chi connectivity index (χ1n) is 7.43. The van der Waals surface area contributed by atoms with Gasteiger partial charge in [-0.2, -0.15) is 0 Å². The van der Waals surface area contributed by atoms with Gasteiger partial charge in [0.1, 0.15) is 0 Å². The predicted molar refractivity (Wildman–Crippen MR) is 88.5 cm³/mol. The summed E-state index contributed by atoms with van der Waals surface area (Å²) in [5, 5.41) is 2.79. The van der Waals surface area contributed by atoms with Crippen molar-refractivity contribution < 1.29 is 22.4 Å². The number of amides is 2. The molecule has 0 saturated carbocycles. The second-order valence-electron chi connectivity index (χ2n) is 5.22. The number of aromatic nitrogens is 2. The van der Waals surface area contributed by atoms with Crippen LogP contribution in [-0.2, 0) is 6.42 Å². The first-order valence-corrected chi connectivity index (χ1v) is 8.24. The molecular formula is C16H12F4N4OS. The van der Waals surface area contributed by atoms with Crippen molar-refractivity contribution in [1.82, 2.24) is 20.0 Å². The molecule has 0 aliphatic heterocycles. The van der Waals surface area contributed by atoms with Crippen molar-refractivity contribution in [3.05, 3.63) is 59.2 Å². The third-order valence-electron chi connectivity index (χ3n) is 3.47. The number of halogens is 4. The number of rotatable bonds is 5. The topological polar surface area (TPSA) is 69.8 Å². The molecule has 3 rings (SSSR count). The Balaban J connectivity index is 1.52. The highest BCUT2D eigenvalue weighted by molar-refractivity contribution is 7.97. The molecule has 0 aliphatic carbocycles. The lowest BCUT2D eigenvalue weighted by Gasteiger charge is -2.08. The van der Waals surface area contributed by atoms with Gasteiger partial charge in [-0.05, 0) is 18.6 Å². The van der Waals surface area contributed by atoms with E-state index in [4.69, 9.17) is 0 Å². The molecule has 0 spiro atoms. The first kappa shape index (κ1) is 18.1. The van der Waals surface area contributed by atoms with Crippen molar-refractivity contribution in [2.45, 2.75) is 11.6 Å². The fraction of sp³-hybridized carbons (Fsp3) is 0.125. The van der Waals surface area contributed by atoms with Gasteiger partial charge in [0.2, 0.25) is 0 Å². The largest absolute Gasteiger partial charge is 0.337 e. The number of nitrogens with one attached hydrogen (secondary N) is 3. The highest BCUT2D eigenvalue weighted by Crippen LogP contribution is 2.19. The van der Waals surface area contributed by atoms with Gasteiger partial charge in [0.15, 0.2) is 28.4 Å². The van der Waals surface area contributed by atoms with Crippen LogP contribution in [0.15, 0.2) is 35.5 Å². The average Bonchev–Trinajstić information content (AvgIpc) is 3.04. The number of para-hydroxylation sites is 2. The van der Waals surface area contributed by atoms with Gasteiger partial charge >= 0.3 is 6.03 Å². The first-order chi connectivity index (χ1) is 12.5. The van der Waals surface area contributed by atoms with E-state index in [9.17, 15) is 22.4 Å². The minimum absolute atomic E-state index is 0.137. The van der Waals surface area contributed by atoms with Gasteiger partial charge in [-0.3, -0.25) is 4.72 Å². The quantitative estimate of drug-likeness (QED) is 0.357. The van der Waals surface area contributed by atoms with Gasteiger partial charge in [0.25, 0.3) is 0 Å². The Morgan fingerprint density at radius 3 is 2.50 bits per heavy atom. The van der Waals surface area contributed by atoms with Crippen molar-refractivity contribution in [2.75, 3.05) is 6.54 Å². The third-order valence-corrected chi connectivity index (χ3v) is 4.15. The molecule has 26 heavy (non-hydrogen) atoms. The number of carbonyl (C=O) groups excluding carboxylic acids is 1. The molecule has 2 aromatic carbocycles. The van der Waals surface area contributed by atoms with Crippen LogP contribution in [0, 0.1) is 23.3 Å². The van der Waals surface area contributed by atoms with E-state index in [1.807, 2.05) is 18.2 Å². The number of urea groups is 1. The zero-order valence-electron chi connectivity index (χ0n) is 13.1. The van der Waals surface area contributed by atoms with Crippen LogP contribution in [0.2, 0.25) is 0 Å². The van der Waals surface area contributed by atoms with E-state index < -0.39 is 41.3 Å². The van der Waals surface area contributed by atoms with Crippen molar-refractivity contribution >= 4 is 29.0 Å². The molecule has 1 heterocycles. The Morgan fingerprint density at radius 1 is 1.12 bits per heavy atom. The lowest BCUT2D eigenvalue weighted by atomic mass is 10.1. The van der Waals surface area contributed by atoms with Gasteiger partial charge in [-0.1, -0.05) is 12.1 Å². The Hall–Kier alpha value is -2.75. The molecule has 0 radical (unpaired) electrons. The lowest BCUT2D eigenvalue weighted by Crippen LogP contribution is -2.33. The summed E-state index contributed by atoms with van der Waals surface area (Å²) in [5.74, 6) is -5.90. The fourth-order valence-corrected chi connectivity index (χ4v) is 2.82. The summed E-state index contributed by atoms with van der Waals surface area (Å²) in [6.07, 6.45) is -0.408. The molecule has 0 fully saturated rings. The van der Waals surface area contributed by atoms with Crippen molar-refractivity contribution in [3.63, 3.8) is 0 Å². The van der Waals surface area contributed by atoms with Crippen LogP contribution in [0.5, 0.6) is 0 Å². The molecular weight excluding hydrogens is 372 g/mol. The van der Waals surface area contributed by atoms with E-state index in [1.165, 1.54) is 0 Å². The Kier molecular flexibility index (Phi) is 5.31. The average molecular weight is 384 g/mol. The van der Waals surface area contributed by atoms with E-state index >= 15 is 0 Å². The maximum atomic E-state index is 13.5. The van der Waals surface area contributed by atoms with E-state index in [2.05, 4.69) is 20.0 Å². The zero-order valence-corrected chi connectivity index (χ0v) is 13.9. The molecule has 10 heteroatoms. The predicted octanol–water partition coefficient (Wildman–Crippen LogP) is 3.67. The third kappa shape index (κ3) is 3.90. The maximum absolute atomic E-state index is 13.5. The van der Waals surface area contributed by atoms with Crippen molar-refractivity contribution in [2.24, 2.45) is 0 Å². The van der Waals surface area contributed by atoms with Gasteiger partial charge < -0.3 is 10.3 Å². The molecule has 5 nitrogen and oxygen atoms in total. The summed E-state index contributed by atoms with van der Waals surface area (Å²) in [5.41, 5.74) is 0.778. The molecule has 0 saturated heterocycles. The van der Waals surface area contributed by atoms with Crippen LogP contribution < -0.4 is 10.0 Å². The van der Waals surface area contributed by atoms with Crippen LogP contribution in [0.3, 0.4) is 0 Å². The molecule has 3 aromatic rings. The number of carbonyl (C=O) groups is 1. The zero-order chi connectivity index (χ0) is 18.7. The standard InChI is InChI=1S/C16H12F4N4OS/c17-9-7-10(18)14(20)8(13(9)19)5-6-21-15(25)24-26-16-22-11-3-1-2-4-12(11)23-16/h1-4,7H,5-6H2,(H,22,23)(H2,21,24,25). The highest BCUT2D eigenvalue weighted by atomic mass is 32.2. The summed E-state index contributed by atoms with van der Waals surface area (Å²) in [6, 6.07) is 6.78. The summed E-state index contributed by atoms with van der Waals surface area (Å²) >= 11 is 0.915. The smallest absolute Gasteiger partial charge is 0.325 e. The van der Waals surface area contributed by atoms with Crippen LogP contribution in [0.4, 0.5) is 22.4 Å². The number of benzene rings is 2. The summed E-state index contributed by atoms with van der Waals surface area (Å²) in [7, 11) is 0. The van der Waals surface area contributed by atoms with Crippen LogP contribution in [0.1, 0.15) is 5.56 Å². The Bertz CT molecular complexity index is 904. The van der Waals surface area contributed by atoms with Gasteiger partial charge in [-0.15, -0.1) is 0 Å². The van der Waals surface area contributed by atoms with Gasteiger partial charge in [0.05, 0.1) is 11.0 Å². The molecule has 1 aromatic heterocycles. The van der Waals surface area contributed by atoms with E-state index in [-0.39, 0.29) is 12.6 Å². The second kappa shape index (κ2) is 7.65. The lowest BCUT2D eigenvalue weighted by molar-refractivity contribution is 0.246. The molecule has 2 amide bonds. The normalized spacial score (nSPS) is 10.9. The number of aromatic amines is 1. The summed E-state index contributed by atoms with van der Waals surface area (Å²) in [4.78, 5) is 18.9. The minimum Gasteiger partial charge on any atom is -0.337 e. The van der Waals surface area contributed by atoms with Gasteiger partial charge in [-0.25, -0.2) is 27.3 Å². The number of imidazole rings is 1. The van der Waals surface area contributed by atoms with Crippen LogP contribution >= 0.6 is 11.9 Å². The Morgan fingerprint density at radius 2 is 1.81 bits per heavy atom. The Labute approximate surface area is 149 Å². The van der Waals surface area contributed by atoms with Gasteiger partial charge in [0, 0.05) is 30.1 Å². The van der Waals surface area contributed by atoms with Crippen molar-refractivity contribution in [1.29, 1.82) is 0 Å². The number of H-pyrrole nitrogens is 1. The maximum Gasteiger partial charge on any atom is 0.325 e. The summed E-state index contributed by atoms with van der Waals surface area (Å²) < 4.78 is 55.7. The monoisotopic (exact) mass is 384 g/mol. The molecule has 0 aliphatic rings. The van der Waals surface area contributed by atoms with E-state index in [0.29, 0.717) is 5.16 Å². The number of hydrogen-bond donors (Lipinski definition) is 3. The molecule has 0 unspecified atom stereocenters. The second-order valence-corrected chi connectivity index (χ2v) is 6.01. The van der Waals surface area contributed by atoms with Crippen molar-refractivity contribution in [3.8, 4) is 0 Å². The number of nitrogens with zero attached hydrogens (tertiary/aromatic N) is 1. The van der Waals surface area contributed by atoms with E-state index in [0.717, 1.165) is 23.0 Å². The van der Waals surface area contributed by atoms with Crippen LogP contribution in [0.25, 0.3) is 11.0 Å². The number of hydrogen-bond acceptors (Lipinski definition) is 3. The van der Waals surface area contributed by atoms with Crippen LogP contribution in [-0.4, -0.2) is 22.5 Å².